The third-order valence-corrected chi connectivity index (χ3v) is 15.7. The number of carbonyl (C=O) groups excluding carboxylic acids is 7. The molecular weight excluding hydrogens is 1000 g/mol. The molecule has 0 bridgehead atoms. The van der Waals surface area contributed by atoms with Crippen LogP contribution in [0, 0.1) is 41.4 Å². The number of ether oxygens (including phenoxy) is 2. The number of likely N-dealkylation sites (N-methyl/N-ethyl adjacent to an activating group) is 1. The third kappa shape index (κ3) is 22.6. The number of methoxy groups -OCH3 is 2. The van der Waals surface area contributed by atoms with Crippen LogP contribution < -0.4 is 21.5 Å². The van der Waals surface area contributed by atoms with E-state index in [4.69, 9.17) is 9.47 Å². The maximum Gasteiger partial charge on any atom is 0.238 e. The van der Waals surface area contributed by atoms with Gasteiger partial charge in [0.15, 0.2) is 0 Å². The Bertz CT molecular complexity index is 2020. The Morgan fingerprint density at radius 3 is 1.92 bits per heavy atom. The van der Waals surface area contributed by atoms with Crippen LogP contribution in [-0.4, -0.2) is 138 Å². The first-order valence-corrected chi connectivity index (χ1v) is 30.0. The number of carbonyl (C=O) groups is 7. The smallest absolute Gasteiger partial charge is 0.238 e. The van der Waals surface area contributed by atoms with Gasteiger partial charge in [-0.15, -0.1) is 0 Å². The Morgan fingerprint density at radius 2 is 1.41 bits per heavy atom. The SMILES string of the molecule is CC.CC.CCC(/C=C(\C)[C@@H](NC(=O)C(C(C)C)N(C)CCCC(=O)NNC(=O)CCCCCN1C(=O)CC(C(C)C)C1=O)C(C)C)C(CC)C(CC(=O)N1CCCC1C(OC)C(C)C(=O)NC(C)C(O)c1ccccc1)OC. The lowest BCUT2D eigenvalue weighted by Crippen LogP contribution is -2.52. The van der Waals surface area contributed by atoms with E-state index in [0.717, 1.165) is 24.8 Å². The first kappa shape index (κ1) is 72.3. The number of benzene rings is 1. The highest BCUT2D eigenvalue weighted by Gasteiger charge is 2.42. The highest BCUT2D eigenvalue weighted by atomic mass is 16.5. The zero-order valence-corrected chi connectivity index (χ0v) is 52.1. The number of nitrogens with zero attached hydrogens (tertiary/aromatic N) is 3. The van der Waals surface area contributed by atoms with Gasteiger partial charge in [0, 0.05) is 52.5 Å². The standard InChI is InChI=1S/C58H97N7O10.2C2H6/c1-15-42(44(16-2)47(74-13)35-51(69)64-32-23-27-46(64)55(75-14)40(10)56(71)59-41(11)54(70)43-25-19-17-20-26-43)33-39(9)52(37(5)6)60-57(72)53(38(7)8)63(12)30-24-29-49(67)62-61-48(66)28-21-18-22-31-65-50(68)34-45(36(3)4)58(65)73;2*1-2/h17,19-20,25-26,33,36-38,40-42,44-47,52-55,70H,15-16,18,21-24,27-32,34-35H2,1-14H3,(H,59,71)(H,60,72)(H,61,66)(H,62,67);2*1-2H3/b39-33+;;/t40?,41?,42?,44?,45?,46?,47?,52-,53?,54?,55?;;/m0../s1. The summed E-state index contributed by atoms with van der Waals surface area (Å²) < 4.78 is 12.1. The maximum atomic E-state index is 14.3. The van der Waals surface area contributed by atoms with E-state index in [1.165, 1.54) is 4.90 Å². The van der Waals surface area contributed by atoms with Gasteiger partial charge in [-0.2, -0.15) is 0 Å². The minimum absolute atomic E-state index is 0.000252. The molecule has 0 spiro atoms. The predicted octanol–water partition coefficient (Wildman–Crippen LogP) is 8.94. The molecule has 11 atom stereocenters. The summed E-state index contributed by atoms with van der Waals surface area (Å²) >= 11 is 0. The second kappa shape index (κ2) is 38.1. The summed E-state index contributed by atoms with van der Waals surface area (Å²) in [6.07, 6.45) is 6.58. The monoisotopic (exact) mass is 1110 g/mol. The average Bonchev–Trinajstić information content (AvgIpc) is 4.03. The van der Waals surface area contributed by atoms with E-state index in [1.54, 1.807) is 21.1 Å². The van der Waals surface area contributed by atoms with Crippen molar-refractivity contribution in [1.29, 1.82) is 0 Å². The van der Waals surface area contributed by atoms with Crippen molar-refractivity contribution >= 4 is 41.4 Å². The predicted molar refractivity (Wildman–Crippen MR) is 315 cm³/mol. The minimum atomic E-state index is -0.879. The molecule has 452 valence electrons. The first-order chi connectivity index (χ1) is 37.5. The number of hydrazine groups is 1. The summed E-state index contributed by atoms with van der Waals surface area (Å²) in [4.78, 5) is 97.2. The van der Waals surface area contributed by atoms with Gasteiger partial charge in [0.2, 0.25) is 41.4 Å². The number of likely N-dealkylation sites (tertiary alicyclic amines) is 2. The van der Waals surface area contributed by atoms with Gasteiger partial charge in [-0.05, 0) is 101 Å². The Kier molecular flexibility index (Phi) is 34.9. The molecule has 2 aliphatic rings. The summed E-state index contributed by atoms with van der Waals surface area (Å²) in [6, 6.07) is 7.66. The van der Waals surface area contributed by atoms with Crippen LogP contribution in [0.25, 0.3) is 0 Å². The van der Waals surface area contributed by atoms with E-state index in [-0.39, 0.29) is 121 Å². The lowest BCUT2D eigenvalue weighted by molar-refractivity contribution is -0.143. The first-order valence-electron chi connectivity index (χ1n) is 30.0. The number of amides is 7. The molecule has 0 radical (unpaired) electrons. The van der Waals surface area contributed by atoms with Crippen molar-refractivity contribution in [2.24, 2.45) is 41.4 Å². The van der Waals surface area contributed by atoms with Crippen LogP contribution in [0.1, 0.15) is 193 Å². The lowest BCUT2D eigenvalue weighted by atomic mass is 9.80. The van der Waals surface area contributed by atoms with Crippen LogP contribution >= 0.6 is 0 Å². The molecule has 10 unspecified atom stereocenters. The molecule has 2 saturated heterocycles. The van der Waals surface area contributed by atoms with Gasteiger partial charge in [0.1, 0.15) is 0 Å². The van der Waals surface area contributed by atoms with Crippen LogP contribution in [0.5, 0.6) is 0 Å². The van der Waals surface area contributed by atoms with Crippen molar-refractivity contribution in [3.8, 4) is 0 Å². The quantitative estimate of drug-likeness (QED) is 0.0199. The number of aliphatic hydroxyl groups is 1. The number of imide groups is 1. The molecular formula is C62H109N7O10. The second-order valence-electron chi connectivity index (χ2n) is 22.3. The number of allylic oxidation sites excluding steroid dienone is 1. The van der Waals surface area contributed by atoms with E-state index < -0.39 is 30.2 Å². The molecule has 7 amide bonds. The molecule has 5 N–H and O–H groups in total. The Morgan fingerprint density at radius 1 is 0.797 bits per heavy atom. The summed E-state index contributed by atoms with van der Waals surface area (Å²) in [5.41, 5.74) is 6.72. The topological polar surface area (TPSA) is 216 Å². The van der Waals surface area contributed by atoms with Crippen LogP contribution in [-0.2, 0) is 43.0 Å². The Labute approximate surface area is 477 Å². The molecule has 1 aromatic carbocycles. The van der Waals surface area contributed by atoms with E-state index in [2.05, 4.69) is 62.2 Å². The fourth-order valence-electron chi connectivity index (χ4n) is 11.3. The van der Waals surface area contributed by atoms with Crippen LogP contribution in [0.2, 0.25) is 0 Å². The third-order valence-electron chi connectivity index (χ3n) is 15.7. The molecule has 2 heterocycles. The zero-order valence-electron chi connectivity index (χ0n) is 52.1. The fraction of sp³-hybridized carbons (Fsp3) is 0.758. The fourth-order valence-corrected chi connectivity index (χ4v) is 11.3. The number of rotatable bonds is 32. The van der Waals surface area contributed by atoms with Crippen LogP contribution in [0.15, 0.2) is 42.0 Å². The molecule has 2 aliphatic heterocycles. The van der Waals surface area contributed by atoms with Crippen molar-refractivity contribution in [2.45, 2.75) is 223 Å². The van der Waals surface area contributed by atoms with E-state index >= 15 is 0 Å². The zero-order chi connectivity index (χ0) is 60.1. The Balaban J connectivity index is 0.00000761. The van der Waals surface area contributed by atoms with E-state index in [1.807, 2.05) is 109 Å². The lowest BCUT2D eigenvalue weighted by Gasteiger charge is -2.36. The van der Waals surface area contributed by atoms with E-state index in [9.17, 15) is 38.7 Å². The number of nitrogens with one attached hydrogen (secondary N) is 4. The molecule has 2 fully saturated rings. The normalized spacial score (nSPS) is 19.1. The van der Waals surface area contributed by atoms with Crippen molar-refractivity contribution in [3.05, 3.63) is 47.5 Å². The second-order valence-corrected chi connectivity index (χ2v) is 22.3. The van der Waals surface area contributed by atoms with Gasteiger partial charge in [-0.25, -0.2) is 0 Å². The molecule has 3 rings (SSSR count). The van der Waals surface area contributed by atoms with Gasteiger partial charge < -0.3 is 30.1 Å². The van der Waals surface area contributed by atoms with Crippen molar-refractivity contribution < 1.29 is 48.1 Å². The van der Waals surface area contributed by atoms with Gasteiger partial charge in [-0.1, -0.05) is 145 Å². The molecule has 0 aliphatic carbocycles. The molecule has 1 aromatic rings. The van der Waals surface area contributed by atoms with E-state index in [0.29, 0.717) is 57.3 Å². The van der Waals surface area contributed by atoms with Crippen LogP contribution in [0.3, 0.4) is 0 Å². The molecule has 0 aromatic heterocycles. The van der Waals surface area contributed by atoms with Crippen molar-refractivity contribution in [3.63, 3.8) is 0 Å². The summed E-state index contributed by atoms with van der Waals surface area (Å²) in [6.45, 7) is 31.4. The maximum absolute atomic E-state index is 14.3. The van der Waals surface area contributed by atoms with Crippen molar-refractivity contribution in [2.75, 3.05) is 40.9 Å². The highest BCUT2D eigenvalue weighted by Crippen LogP contribution is 2.33. The molecule has 17 heteroatoms. The minimum Gasteiger partial charge on any atom is -0.386 e. The average molecular weight is 1110 g/mol. The highest BCUT2D eigenvalue weighted by molar-refractivity contribution is 6.03. The van der Waals surface area contributed by atoms with Crippen molar-refractivity contribution in [1.82, 2.24) is 36.2 Å². The van der Waals surface area contributed by atoms with Gasteiger partial charge in [0.25, 0.3) is 0 Å². The van der Waals surface area contributed by atoms with Gasteiger partial charge >= 0.3 is 0 Å². The van der Waals surface area contributed by atoms with Crippen LogP contribution in [0.4, 0.5) is 0 Å². The Hall–Kier alpha value is -4.71. The summed E-state index contributed by atoms with van der Waals surface area (Å²) in [5, 5.41) is 17.3. The summed E-state index contributed by atoms with van der Waals surface area (Å²) in [5.74, 6) is -1.91. The molecule has 79 heavy (non-hydrogen) atoms. The number of hydrogen-bond donors (Lipinski definition) is 5. The number of aliphatic hydroxyl groups excluding tert-OH is 1. The van der Waals surface area contributed by atoms with Gasteiger partial charge in [-0.3, -0.25) is 54.2 Å². The number of hydrogen-bond acceptors (Lipinski definition) is 11. The molecule has 0 saturated carbocycles. The largest absolute Gasteiger partial charge is 0.386 e. The number of unbranched alkanes of at least 4 members (excludes halogenated alkanes) is 2. The molecule has 17 nitrogen and oxygen atoms in total. The summed E-state index contributed by atoms with van der Waals surface area (Å²) in [7, 11) is 5.12. The van der Waals surface area contributed by atoms with Gasteiger partial charge in [0.05, 0.1) is 54.8 Å².